The molecule has 35 heavy (non-hydrogen) atoms. The molecule has 1 aromatic heterocycles. The molecule has 0 radical (unpaired) electrons. The summed E-state index contributed by atoms with van der Waals surface area (Å²) in [6, 6.07) is 16.6. The Balaban J connectivity index is 1.75. The Hall–Kier alpha value is -3.39. The van der Waals surface area contributed by atoms with Crippen LogP contribution in [0.5, 0.6) is 0 Å². The fraction of sp³-hybridized carbons (Fsp3) is 0.333. The zero-order chi connectivity index (χ0) is 25.4. The van der Waals surface area contributed by atoms with E-state index in [-0.39, 0.29) is 29.5 Å². The maximum atomic E-state index is 12.8. The number of hydrogen-bond acceptors (Lipinski definition) is 5. The molecule has 8 heteroatoms. The van der Waals surface area contributed by atoms with Crippen LogP contribution in [0.4, 0.5) is 5.69 Å². The molecule has 0 saturated carbocycles. The van der Waals surface area contributed by atoms with E-state index in [9.17, 15) is 9.59 Å². The van der Waals surface area contributed by atoms with E-state index in [4.69, 9.17) is 0 Å². The van der Waals surface area contributed by atoms with Crippen molar-refractivity contribution in [2.45, 2.75) is 51.4 Å². The highest BCUT2D eigenvalue weighted by molar-refractivity contribution is 7.99. The van der Waals surface area contributed by atoms with Gasteiger partial charge >= 0.3 is 0 Å². The second-order valence-corrected chi connectivity index (χ2v) is 9.82. The van der Waals surface area contributed by atoms with E-state index in [1.807, 2.05) is 60.9 Å². The number of nitrogens with one attached hydrogen (secondary N) is 2. The number of nitrogens with zero attached hydrogens (tertiary/aromatic N) is 3. The summed E-state index contributed by atoms with van der Waals surface area (Å²) in [6.07, 6.45) is 1.76. The molecule has 0 fully saturated rings. The molecule has 0 bridgehead atoms. The maximum absolute atomic E-state index is 12.8. The highest BCUT2D eigenvalue weighted by Crippen LogP contribution is 2.27. The van der Waals surface area contributed by atoms with Gasteiger partial charge in [0.1, 0.15) is 0 Å². The number of thioether (sulfide) groups is 1. The number of amides is 2. The maximum Gasteiger partial charge on any atom is 0.251 e. The van der Waals surface area contributed by atoms with Crippen molar-refractivity contribution in [1.29, 1.82) is 0 Å². The van der Waals surface area contributed by atoms with Gasteiger partial charge in [0.25, 0.3) is 5.91 Å². The van der Waals surface area contributed by atoms with Crippen LogP contribution in [-0.4, -0.2) is 32.3 Å². The minimum Gasteiger partial charge on any atom is -0.342 e. The first-order valence-corrected chi connectivity index (χ1v) is 12.7. The highest BCUT2D eigenvalue weighted by Gasteiger charge is 2.26. The van der Waals surface area contributed by atoms with Crippen LogP contribution < -0.4 is 10.6 Å². The van der Waals surface area contributed by atoms with Crippen molar-refractivity contribution in [2.24, 2.45) is 5.92 Å². The Morgan fingerprint density at radius 1 is 1.03 bits per heavy atom. The van der Waals surface area contributed by atoms with Crippen LogP contribution in [0.1, 0.15) is 61.4 Å². The van der Waals surface area contributed by atoms with Gasteiger partial charge in [-0.2, -0.15) is 0 Å². The quantitative estimate of drug-likeness (QED) is 0.275. The molecule has 184 valence electrons. The monoisotopic (exact) mass is 491 g/mol. The van der Waals surface area contributed by atoms with Gasteiger partial charge in [0.15, 0.2) is 11.0 Å². The molecule has 1 atom stereocenters. The zero-order valence-electron chi connectivity index (χ0n) is 20.7. The second kappa shape index (κ2) is 12.4. The fourth-order valence-corrected chi connectivity index (χ4v) is 4.47. The Morgan fingerprint density at radius 3 is 2.37 bits per heavy atom. The number of para-hydroxylation sites is 1. The van der Waals surface area contributed by atoms with Crippen molar-refractivity contribution in [3.63, 3.8) is 0 Å². The number of benzene rings is 2. The van der Waals surface area contributed by atoms with Gasteiger partial charge in [-0.05, 0) is 35.6 Å². The summed E-state index contributed by atoms with van der Waals surface area (Å²) in [7, 11) is 0. The number of carbonyl (C=O) groups is 2. The van der Waals surface area contributed by atoms with Gasteiger partial charge in [0.05, 0.1) is 11.8 Å². The molecule has 1 heterocycles. The first-order chi connectivity index (χ1) is 16.8. The minimum atomic E-state index is -0.351. The van der Waals surface area contributed by atoms with Crippen molar-refractivity contribution in [1.82, 2.24) is 20.1 Å². The van der Waals surface area contributed by atoms with Crippen LogP contribution in [-0.2, 0) is 11.3 Å². The second-order valence-electron chi connectivity index (χ2n) is 8.88. The van der Waals surface area contributed by atoms with Crippen LogP contribution in [0.25, 0.3) is 0 Å². The summed E-state index contributed by atoms with van der Waals surface area (Å²) < 4.78 is 1.91. The summed E-state index contributed by atoms with van der Waals surface area (Å²) in [5.74, 6) is 0.910. The third-order valence-electron chi connectivity index (χ3n) is 5.51. The lowest BCUT2D eigenvalue weighted by atomic mass is 10.0. The number of anilines is 1. The van der Waals surface area contributed by atoms with Gasteiger partial charge in [-0.1, -0.05) is 81.9 Å². The van der Waals surface area contributed by atoms with Crippen molar-refractivity contribution in [2.75, 3.05) is 11.1 Å². The molecular weight excluding hydrogens is 458 g/mol. The van der Waals surface area contributed by atoms with E-state index in [2.05, 4.69) is 41.3 Å². The number of carbonyl (C=O) groups excluding carboxylic acids is 2. The number of aromatic nitrogens is 3. The normalized spacial score (nSPS) is 11.9. The SMILES string of the molecule is C=CCn1c(SCC(=O)Nc2ccccc2C(C)C)nnc1[C@H](NC(=O)c1ccccc1)C(C)C. The molecule has 7 nitrogen and oxygen atoms in total. The van der Waals surface area contributed by atoms with Crippen molar-refractivity contribution in [3.8, 4) is 0 Å². The van der Waals surface area contributed by atoms with Crippen LogP contribution in [0, 0.1) is 5.92 Å². The summed E-state index contributed by atoms with van der Waals surface area (Å²) >= 11 is 1.31. The fourth-order valence-electron chi connectivity index (χ4n) is 3.71. The number of allylic oxidation sites excluding steroid dienone is 1. The molecule has 3 aromatic rings. The van der Waals surface area contributed by atoms with E-state index in [1.165, 1.54) is 11.8 Å². The number of rotatable bonds is 11. The summed E-state index contributed by atoms with van der Waals surface area (Å²) in [5.41, 5.74) is 2.50. The van der Waals surface area contributed by atoms with Gasteiger partial charge in [-0.25, -0.2) is 0 Å². The van der Waals surface area contributed by atoms with E-state index < -0.39 is 0 Å². The first-order valence-electron chi connectivity index (χ1n) is 11.7. The van der Waals surface area contributed by atoms with Crippen LogP contribution in [0.3, 0.4) is 0 Å². The standard InChI is InChI=1S/C27H33N5O2S/c1-6-16-32-25(24(19(4)5)29-26(34)20-12-8-7-9-13-20)30-31-27(32)35-17-23(33)28-22-15-11-10-14-21(22)18(2)3/h6-15,18-19,24H,1,16-17H2,2-5H3,(H,28,33)(H,29,34)/t24-/m1/s1. The predicted molar refractivity (Wildman–Crippen MR) is 142 cm³/mol. The smallest absolute Gasteiger partial charge is 0.251 e. The lowest BCUT2D eigenvalue weighted by Gasteiger charge is -2.22. The van der Waals surface area contributed by atoms with Gasteiger partial charge in [0.2, 0.25) is 5.91 Å². The molecule has 0 aliphatic rings. The van der Waals surface area contributed by atoms with E-state index in [0.29, 0.717) is 29.0 Å². The molecule has 2 amide bonds. The van der Waals surface area contributed by atoms with Crippen molar-refractivity contribution >= 4 is 29.3 Å². The van der Waals surface area contributed by atoms with Gasteiger partial charge in [0, 0.05) is 17.8 Å². The lowest BCUT2D eigenvalue weighted by molar-refractivity contribution is -0.113. The molecule has 2 aromatic carbocycles. The van der Waals surface area contributed by atoms with Gasteiger partial charge in [-0.15, -0.1) is 16.8 Å². The van der Waals surface area contributed by atoms with Crippen LogP contribution in [0.15, 0.2) is 72.4 Å². The molecule has 0 aliphatic heterocycles. The van der Waals surface area contributed by atoms with Crippen molar-refractivity contribution < 1.29 is 9.59 Å². The van der Waals surface area contributed by atoms with Crippen LogP contribution in [0.2, 0.25) is 0 Å². The molecule has 0 unspecified atom stereocenters. The van der Waals surface area contributed by atoms with Crippen LogP contribution >= 0.6 is 11.8 Å². The zero-order valence-corrected chi connectivity index (χ0v) is 21.5. The Morgan fingerprint density at radius 2 is 1.71 bits per heavy atom. The minimum absolute atomic E-state index is 0.0733. The average Bonchev–Trinajstić information content (AvgIpc) is 3.24. The predicted octanol–water partition coefficient (Wildman–Crippen LogP) is 5.45. The average molecular weight is 492 g/mol. The summed E-state index contributed by atoms with van der Waals surface area (Å²) in [4.78, 5) is 25.5. The Labute approximate surface area is 211 Å². The summed E-state index contributed by atoms with van der Waals surface area (Å²) in [5, 5.41) is 15.4. The highest BCUT2D eigenvalue weighted by atomic mass is 32.2. The lowest BCUT2D eigenvalue weighted by Crippen LogP contribution is -2.33. The van der Waals surface area contributed by atoms with Gasteiger partial charge in [-0.3, -0.25) is 9.59 Å². The molecule has 0 saturated heterocycles. The summed E-state index contributed by atoms with van der Waals surface area (Å²) in [6.45, 7) is 12.6. The molecular formula is C27H33N5O2S. The Bertz CT molecular complexity index is 1160. The third kappa shape index (κ3) is 6.82. The molecule has 2 N–H and O–H groups in total. The molecule has 3 rings (SSSR count). The first kappa shape index (κ1) is 26.2. The third-order valence-corrected chi connectivity index (χ3v) is 6.48. The van der Waals surface area contributed by atoms with E-state index in [0.717, 1.165) is 11.3 Å². The molecule has 0 aliphatic carbocycles. The van der Waals surface area contributed by atoms with Gasteiger partial charge < -0.3 is 15.2 Å². The topological polar surface area (TPSA) is 88.9 Å². The molecule has 0 spiro atoms. The van der Waals surface area contributed by atoms with E-state index >= 15 is 0 Å². The largest absolute Gasteiger partial charge is 0.342 e. The Kier molecular flexibility index (Phi) is 9.25. The van der Waals surface area contributed by atoms with Crippen molar-refractivity contribution in [3.05, 3.63) is 84.2 Å². The van der Waals surface area contributed by atoms with E-state index in [1.54, 1.807) is 18.2 Å². The number of hydrogen-bond donors (Lipinski definition) is 2.